The molecule has 0 radical (unpaired) electrons. The molecule has 0 amide bonds. The van der Waals surface area contributed by atoms with Crippen LogP contribution in [0, 0.1) is 0 Å². The Kier molecular flexibility index (Phi) is 5.42. The third-order valence-electron chi connectivity index (χ3n) is 3.34. The lowest BCUT2D eigenvalue weighted by Crippen LogP contribution is -2.02. The minimum atomic E-state index is 0.533. The number of rotatable bonds is 8. The highest BCUT2D eigenvalue weighted by Gasteiger charge is 2.14. The second kappa shape index (κ2) is 7.91. The molecule has 0 N–H and O–H groups in total. The molecule has 0 aliphatic rings. The van der Waals surface area contributed by atoms with Gasteiger partial charge < -0.3 is 9.26 Å². The van der Waals surface area contributed by atoms with Crippen LogP contribution in [0.3, 0.4) is 0 Å². The number of nitrogens with zero attached hydrogens (tertiary/aromatic N) is 6. The first-order valence-electron chi connectivity index (χ1n) is 7.68. The zero-order valence-corrected chi connectivity index (χ0v) is 14.4. The van der Waals surface area contributed by atoms with Crippen LogP contribution in [0.15, 0.2) is 33.9 Å². The first kappa shape index (κ1) is 16.4. The van der Waals surface area contributed by atoms with Crippen LogP contribution in [0.2, 0.25) is 0 Å². The van der Waals surface area contributed by atoms with Gasteiger partial charge in [0.1, 0.15) is 11.4 Å². The van der Waals surface area contributed by atoms with Crippen molar-refractivity contribution >= 4 is 11.8 Å². The highest BCUT2D eigenvalue weighted by Crippen LogP contribution is 2.26. The zero-order chi connectivity index (χ0) is 16.8. The van der Waals surface area contributed by atoms with Gasteiger partial charge in [-0.05, 0) is 29.0 Å². The molecule has 8 nitrogen and oxygen atoms in total. The Bertz CT molecular complexity index is 788. The maximum atomic E-state index is 5.36. The molecular weight excluding hydrogens is 328 g/mol. The fourth-order valence-electron chi connectivity index (χ4n) is 2.13. The van der Waals surface area contributed by atoms with Crippen LogP contribution >= 0.6 is 11.8 Å². The van der Waals surface area contributed by atoms with Crippen LogP contribution in [0.25, 0.3) is 5.69 Å². The van der Waals surface area contributed by atoms with Crippen molar-refractivity contribution in [2.24, 2.45) is 0 Å². The van der Waals surface area contributed by atoms with E-state index < -0.39 is 0 Å². The number of benzene rings is 1. The fraction of sp³-hybridized carbons (Fsp3) is 0.400. The Balaban J connectivity index is 1.71. The Morgan fingerprint density at radius 1 is 1.29 bits per heavy atom. The molecule has 126 valence electrons. The summed E-state index contributed by atoms with van der Waals surface area (Å²) in [4.78, 5) is 4.38. The molecular formula is C15H18N6O2S. The van der Waals surface area contributed by atoms with E-state index >= 15 is 0 Å². The standard InChI is InChI=1S/C15H18N6O2S/c1-3-4-9-14-16-13(18-23-14)10-24-15-17-19-20-21(15)11-7-5-6-8-12(11)22-2/h5-8H,3-4,9-10H2,1-2H3. The third kappa shape index (κ3) is 3.73. The van der Waals surface area contributed by atoms with Gasteiger partial charge in [-0.1, -0.05) is 42.4 Å². The molecule has 2 aromatic heterocycles. The lowest BCUT2D eigenvalue weighted by atomic mass is 10.2. The molecule has 9 heteroatoms. The first-order chi connectivity index (χ1) is 11.8. The van der Waals surface area contributed by atoms with Gasteiger partial charge in [-0.25, -0.2) is 0 Å². The van der Waals surface area contributed by atoms with Crippen molar-refractivity contribution in [2.75, 3.05) is 7.11 Å². The predicted octanol–water partition coefficient (Wildman–Crippen LogP) is 2.69. The number of aryl methyl sites for hydroxylation is 1. The summed E-state index contributed by atoms with van der Waals surface area (Å²) in [6.07, 6.45) is 2.95. The molecule has 0 bridgehead atoms. The SMILES string of the molecule is CCCCc1nc(CSc2nnnn2-c2ccccc2OC)no1. The van der Waals surface area contributed by atoms with Crippen LogP contribution in [-0.2, 0) is 12.2 Å². The summed E-state index contributed by atoms with van der Waals surface area (Å²) in [6.45, 7) is 2.13. The van der Waals surface area contributed by atoms with E-state index in [1.165, 1.54) is 11.8 Å². The maximum absolute atomic E-state index is 5.36. The van der Waals surface area contributed by atoms with Gasteiger partial charge in [0.25, 0.3) is 0 Å². The summed E-state index contributed by atoms with van der Waals surface area (Å²) in [5, 5.41) is 16.5. The number of para-hydroxylation sites is 2. The molecule has 0 aliphatic heterocycles. The van der Waals surface area contributed by atoms with E-state index in [1.54, 1.807) is 11.8 Å². The smallest absolute Gasteiger partial charge is 0.226 e. The quantitative estimate of drug-likeness (QED) is 0.575. The van der Waals surface area contributed by atoms with Gasteiger partial charge in [0.2, 0.25) is 11.0 Å². The number of ether oxygens (including phenoxy) is 1. The monoisotopic (exact) mass is 346 g/mol. The molecule has 0 fully saturated rings. The molecule has 3 aromatic rings. The highest BCUT2D eigenvalue weighted by atomic mass is 32.2. The average molecular weight is 346 g/mol. The second-order valence-corrected chi connectivity index (χ2v) is 5.98. The predicted molar refractivity (Wildman–Crippen MR) is 88.2 cm³/mol. The van der Waals surface area contributed by atoms with E-state index in [0.29, 0.717) is 28.4 Å². The molecule has 2 heterocycles. The summed E-state index contributed by atoms with van der Waals surface area (Å²) in [7, 11) is 1.62. The number of methoxy groups -OCH3 is 1. The number of unbranched alkanes of at least 4 members (excludes halogenated alkanes) is 1. The summed E-state index contributed by atoms with van der Waals surface area (Å²) in [6, 6.07) is 7.57. The summed E-state index contributed by atoms with van der Waals surface area (Å²) in [5.41, 5.74) is 0.782. The molecule has 0 spiro atoms. The minimum absolute atomic E-state index is 0.533. The van der Waals surface area contributed by atoms with Crippen molar-refractivity contribution in [1.29, 1.82) is 0 Å². The molecule has 0 atom stereocenters. The van der Waals surface area contributed by atoms with Gasteiger partial charge in [0.05, 0.1) is 12.9 Å². The summed E-state index contributed by atoms with van der Waals surface area (Å²) < 4.78 is 12.2. The van der Waals surface area contributed by atoms with Gasteiger partial charge in [-0.3, -0.25) is 0 Å². The van der Waals surface area contributed by atoms with E-state index in [1.807, 2.05) is 24.3 Å². The van der Waals surface area contributed by atoms with Crippen LogP contribution in [0.1, 0.15) is 31.5 Å². The van der Waals surface area contributed by atoms with E-state index in [4.69, 9.17) is 9.26 Å². The summed E-state index contributed by atoms with van der Waals surface area (Å²) in [5.74, 6) is 2.55. The molecule has 1 aromatic carbocycles. The Labute approximate surface area is 143 Å². The second-order valence-electron chi connectivity index (χ2n) is 5.04. The number of hydrogen-bond donors (Lipinski definition) is 0. The lowest BCUT2D eigenvalue weighted by molar-refractivity contribution is 0.371. The van der Waals surface area contributed by atoms with Crippen molar-refractivity contribution < 1.29 is 9.26 Å². The van der Waals surface area contributed by atoms with Crippen molar-refractivity contribution in [2.45, 2.75) is 37.1 Å². The topological polar surface area (TPSA) is 91.8 Å². The maximum Gasteiger partial charge on any atom is 0.226 e. The van der Waals surface area contributed by atoms with Gasteiger partial charge in [-0.15, -0.1) is 5.10 Å². The zero-order valence-electron chi connectivity index (χ0n) is 13.5. The molecule has 0 saturated heterocycles. The number of tetrazole rings is 1. The normalized spacial score (nSPS) is 10.9. The van der Waals surface area contributed by atoms with E-state index in [-0.39, 0.29) is 0 Å². The third-order valence-corrected chi connectivity index (χ3v) is 4.25. The molecule has 24 heavy (non-hydrogen) atoms. The summed E-state index contributed by atoms with van der Waals surface area (Å²) >= 11 is 1.44. The minimum Gasteiger partial charge on any atom is -0.494 e. The molecule has 0 unspecified atom stereocenters. The van der Waals surface area contributed by atoms with Gasteiger partial charge in [0.15, 0.2) is 5.82 Å². The van der Waals surface area contributed by atoms with Gasteiger partial charge in [0, 0.05) is 6.42 Å². The van der Waals surface area contributed by atoms with Crippen LogP contribution in [0.4, 0.5) is 0 Å². The first-order valence-corrected chi connectivity index (χ1v) is 8.66. The molecule has 0 saturated carbocycles. The lowest BCUT2D eigenvalue weighted by Gasteiger charge is -2.08. The Hall–Kier alpha value is -2.42. The van der Waals surface area contributed by atoms with Crippen LogP contribution in [0.5, 0.6) is 5.75 Å². The van der Waals surface area contributed by atoms with E-state index in [9.17, 15) is 0 Å². The number of hydrogen-bond acceptors (Lipinski definition) is 8. The molecule has 3 rings (SSSR count). The fourth-order valence-corrected chi connectivity index (χ4v) is 2.86. The molecule has 0 aliphatic carbocycles. The van der Waals surface area contributed by atoms with Crippen LogP contribution < -0.4 is 4.74 Å². The number of aromatic nitrogens is 6. The van der Waals surface area contributed by atoms with Gasteiger partial charge >= 0.3 is 0 Å². The highest BCUT2D eigenvalue weighted by molar-refractivity contribution is 7.98. The van der Waals surface area contributed by atoms with Crippen LogP contribution in [-0.4, -0.2) is 37.5 Å². The average Bonchev–Trinajstić information content (AvgIpc) is 3.27. The van der Waals surface area contributed by atoms with E-state index in [2.05, 4.69) is 32.6 Å². The Morgan fingerprint density at radius 2 is 2.17 bits per heavy atom. The number of thioether (sulfide) groups is 1. The van der Waals surface area contributed by atoms with Gasteiger partial charge in [-0.2, -0.15) is 9.67 Å². The largest absolute Gasteiger partial charge is 0.494 e. The van der Waals surface area contributed by atoms with E-state index in [0.717, 1.165) is 24.9 Å². The van der Waals surface area contributed by atoms with Crippen molar-refractivity contribution in [3.8, 4) is 11.4 Å². The van der Waals surface area contributed by atoms with Crippen molar-refractivity contribution in [1.82, 2.24) is 30.3 Å². The van der Waals surface area contributed by atoms with Crippen molar-refractivity contribution in [3.63, 3.8) is 0 Å². The Morgan fingerprint density at radius 3 is 3.00 bits per heavy atom. The van der Waals surface area contributed by atoms with Crippen molar-refractivity contribution in [3.05, 3.63) is 36.0 Å².